The molecule has 0 aliphatic rings. The number of nitriles is 1. The van der Waals surface area contributed by atoms with E-state index in [0.717, 1.165) is 5.56 Å². The summed E-state index contributed by atoms with van der Waals surface area (Å²) < 4.78 is 22.8. The van der Waals surface area contributed by atoms with Gasteiger partial charge >= 0.3 is 0 Å². The van der Waals surface area contributed by atoms with Crippen molar-refractivity contribution in [2.45, 2.75) is 17.9 Å². The molecule has 0 amide bonds. The van der Waals surface area contributed by atoms with E-state index >= 15 is 0 Å². The molecular weight excluding hydrogens is 322 g/mol. The topological polar surface area (TPSA) is 96.0 Å². The zero-order valence-corrected chi connectivity index (χ0v) is 13.3. The summed E-state index contributed by atoms with van der Waals surface area (Å²) in [6.45, 7) is 1.86. The maximum Gasteiger partial charge on any atom is 0.238 e. The largest absolute Gasteiger partial charge is 0.377 e. The van der Waals surface area contributed by atoms with Gasteiger partial charge in [0, 0.05) is 11.1 Å². The van der Waals surface area contributed by atoms with Crippen LogP contribution in [0.4, 0.5) is 5.69 Å². The number of sulfonamides is 1. The van der Waals surface area contributed by atoms with Crippen LogP contribution < -0.4 is 10.5 Å². The number of nitrogens with two attached hydrogens (primary N) is 1. The first-order chi connectivity index (χ1) is 10.3. The highest BCUT2D eigenvalue weighted by Gasteiger charge is 2.13. The number of benzene rings is 2. The quantitative estimate of drug-likeness (QED) is 0.897. The molecule has 7 heteroatoms. The zero-order valence-electron chi connectivity index (χ0n) is 11.7. The highest BCUT2D eigenvalue weighted by Crippen LogP contribution is 2.25. The molecule has 0 aliphatic carbocycles. The maximum atomic E-state index is 11.4. The Balaban J connectivity index is 2.31. The minimum absolute atomic E-state index is 0.0512. The summed E-state index contributed by atoms with van der Waals surface area (Å²) in [5.74, 6) is 0. The summed E-state index contributed by atoms with van der Waals surface area (Å²) in [6.07, 6.45) is 0. The van der Waals surface area contributed by atoms with Crippen LogP contribution >= 0.6 is 11.6 Å². The van der Waals surface area contributed by atoms with E-state index in [9.17, 15) is 8.42 Å². The number of hydrogen-bond donors (Lipinski definition) is 2. The highest BCUT2D eigenvalue weighted by atomic mass is 35.5. The lowest BCUT2D eigenvalue weighted by Crippen LogP contribution is -2.14. The molecule has 2 rings (SSSR count). The number of primary sulfonamides is 1. The van der Waals surface area contributed by atoms with Gasteiger partial charge in [-0.1, -0.05) is 23.7 Å². The van der Waals surface area contributed by atoms with Gasteiger partial charge in [-0.3, -0.25) is 0 Å². The van der Waals surface area contributed by atoms with Crippen molar-refractivity contribution in [3.8, 4) is 6.07 Å². The van der Waals surface area contributed by atoms with Crippen LogP contribution in [0.25, 0.3) is 0 Å². The summed E-state index contributed by atoms with van der Waals surface area (Å²) >= 11 is 5.86. The van der Waals surface area contributed by atoms with Crippen LogP contribution in [-0.2, 0) is 10.0 Å². The average Bonchev–Trinajstić information content (AvgIpc) is 2.48. The first-order valence-electron chi connectivity index (χ1n) is 6.40. The monoisotopic (exact) mass is 335 g/mol. The Morgan fingerprint density at radius 2 is 2.00 bits per heavy atom. The third-order valence-electron chi connectivity index (χ3n) is 3.16. The Hall–Kier alpha value is -2.07. The first kappa shape index (κ1) is 16.3. The SMILES string of the molecule is CC(Nc1ccc(Cl)cc1C#N)c1cccc(S(N)(=O)=O)c1. The van der Waals surface area contributed by atoms with Crippen LogP contribution in [0, 0.1) is 11.3 Å². The van der Waals surface area contributed by atoms with Crippen molar-refractivity contribution in [1.29, 1.82) is 5.26 Å². The number of nitrogens with one attached hydrogen (secondary N) is 1. The molecule has 0 saturated heterocycles. The molecule has 0 heterocycles. The number of rotatable bonds is 4. The lowest BCUT2D eigenvalue weighted by atomic mass is 10.1. The van der Waals surface area contributed by atoms with Gasteiger partial charge in [-0.05, 0) is 42.8 Å². The molecule has 3 N–H and O–H groups in total. The molecule has 5 nitrogen and oxygen atoms in total. The fraction of sp³-hybridized carbons (Fsp3) is 0.133. The molecule has 0 aliphatic heterocycles. The number of anilines is 1. The Kier molecular flexibility index (Phi) is 4.71. The van der Waals surface area contributed by atoms with Gasteiger partial charge in [0.2, 0.25) is 10.0 Å². The van der Waals surface area contributed by atoms with Gasteiger partial charge in [0.05, 0.1) is 16.1 Å². The lowest BCUT2D eigenvalue weighted by molar-refractivity contribution is 0.597. The number of hydrogen-bond acceptors (Lipinski definition) is 4. The van der Waals surface area contributed by atoms with Crippen LogP contribution in [0.2, 0.25) is 5.02 Å². The summed E-state index contributed by atoms with van der Waals surface area (Å²) in [6, 6.07) is 13.2. The van der Waals surface area contributed by atoms with Crippen molar-refractivity contribution < 1.29 is 8.42 Å². The van der Waals surface area contributed by atoms with E-state index in [1.54, 1.807) is 30.3 Å². The fourth-order valence-corrected chi connectivity index (χ4v) is 2.75. The maximum absolute atomic E-state index is 11.4. The predicted octanol–water partition coefficient (Wildman–Crippen LogP) is 3.03. The average molecular weight is 336 g/mol. The van der Waals surface area contributed by atoms with Crippen molar-refractivity contribution in [1.82, 2.24) is 0 Å². The predicted molar refractivity (Wildman–Crippen MR) is 86.0 cm³/mol. The van der Waals surface area contributed by atoms with Gasteiger partial charge in [0.1, 0.15) is 6.07 Å². The highest BCUT2D eigenvalue weighted by molar-refractivity contribution is 7.89. The van der Waals surface area contributed by atoms with Crippen molar-refractivity contribution in [3.05, 3.63) is 58.6 Å². The van der Waals surface area contributed by atoms with Crippen molar-refractivity contribution in [2.75, 3.05) is 5.32 Å². The molecule has 2 aromatic carbocycles. The van der Waals surface area contributed by atoms with Crippen molar-refractivity contribution >= 4 is 27.3 Å². The molecule has 0 fully saturated rings. The third-order valence-corrected chi connectivity index (χ3v) is 4.31. The smallest absolute Gasteiger partial charge is 0.238 e. The Bertz CT molecular complexity index is 844. The van der Waals surface area contributed by atoms with E-state index in [0.29, 0.717) is 16.3 Å². The van der Waals surface area contributed by atoms with Crippen LogP contribution in [0.5, 0.6) is 0 Å². The molecule has 0 saturated carbocycles. The van der Waals surface area contributed by atoms with E-state index in [4.69, 9.17) is 22.0 Å². The molecular formula is C15H14ClN3O2S. The molecule has 1 unspecified atom stereocenters. The van der Waals surface area contributed by atoms with Crippen LogP contribution in [0.15, 0.2) is 47.4 Å². The van der Waals surface area contributed by atoms with Gasteiger partial charge in [0.25, 0.3) is 0 Å². The normalized spacial score (nSPS) is 12.5. The van der Waals surface area contributed by atoms with Gasteiger partial charge in [-0.25, -0.2) is 13.6 Å². The van der Waals surface area contributed by atoms with Crippen molar-refractivity contribution in [3.63, 3.8) is 0 Å². The molecule has 0 radical (unpaired) electrons. The number of nitrogens with zero attached hydrogens (tertiary/aromatic N) is 1. The molecule has 2 aromatic rings. The number of halogens is 1. The van der Waals surface area contributed by atoms with E-state index in [2.05, 4.69) is 11.4 Å². The minimum Gasteiger partial charge on any atom is -0.377 e. The minimum atomic E-state index is -3.75. The van der Waals surface area contributed by atoms with Crippen LogP contribution in [-0.4, -0.2) is 8.42 Å². The first-order valence-corrected chi connectivity index (χ1v) is 8.32. The van der Waals surface area contributed by atoms with E-state index in [1.807, 2.05) is 6.92 Å². The van der Waals surface area contributed by atoms with Gasteiger partial charge < -0.3 is 5.32 Å². The van der Waals surface area contributed by atoms with Gasteiger partial charge in [-0.15, -0.1) is 0 Å². The Labute approximate surface area is 134 Å². The molecule has 0 spiro atoms. The third kappa shape index (κ3) is 3.77. The summed E-state index contributed by atoms with van der Waals surface area (Å²) in [7, 11) is -3.75. The molecule has 22 heavy (non-hydrogen) atoms. The van der Waals surface area contributed by atoms with E-state index in [1.165, 1.54) is 12.1 Å². The summed E-state index contributed by atoms with van der Waals surface area (Å²) in [5.41, 5.74) is 1.78. The molecule has 114 valence electrons. The Morgan fingerprint density at radius 3 is 2.64 bits per heavy atom. The van der Waals surface area contributed by atoms with E-state index < -0.39 is 10.0 Å². The van der Waals surface area contributed by atoms with Gasteiger partial charge in [-0.2, -0.15) is 5.26 Å². The summed E-state index contributed by atoms with van der Waals surface area (Å²) in [5, 5.41) is 17.9. The van der Waals surface area contributed by atoms with Crippen LogP contribution in [0.1, 0.15) is 24.1 Å². The standard InChI is InChI=1S/C15H14ClN3O2S/c1-10(11-3-2-4-14(8-11)22(18,20)21)19-15-6-5-13(16)7-12(15)9-17/h2-8,10,19H,1H3,(H2,18,20,21). The molecule has 1 atom stereocenters. The Morgan fingerprint density at radius 1 is 1.27 bits per heavy atom. The van der Waals surface area contributed by atoms with Gasteiger partial charge in [0.15, 0.2) is 0 Å². The second kappa shape index (κ2) is 6.36. The lowest BCUT2D eigenvalue weighted by Gasteiger charge is -2.17. The zero-order chi connectivity index (χ0) is 16.3. The molecule has 0 bridgehead atoms. The second-order valence-corrected chi connectivity index (χ2v) is 6.78. The second-order valence-electron chi connectivity index (χ2n) is 4.79. The van der Waals surface area contributed by atoms with Crippen molar-refractivity contribution in [2.24, 2.45) is 5.14 Å². The fourth-order valence-electron chi connectivity index (χ4n) is 2.01. The van der Waals surface area contributed by atoms with Crippen LogP contribution in [0.3, 0.4) is 0 Å². The molecule has 0 aromatic heterocycles. The summed E-state index contributed by atoms with van der Waals surface area (Å²) in [4.78, 5) is 0.0512. The van der Waals surface area contributed by atoms with E-state index in [-0.39, 0.29) is 10.9 Å².